The maximum absolute atomic E-state index is 13.5. The van der Waals surface area contributed by atoms with Gasteiger partial charge in [-0.05, 0) is 36.8 Å². The minimum atomic E-state index is -0.585. The zero-order valence-electron chi connectivity index (χ0n) is 15.8. The third-order valence-electron chi connectivity index (χ3n) is 4.83. The largest absolute Gasteiger partial charge is 0.410 e. The van der Waals surface area contributed by atoms with E-state index >= 15 is 0 Å². The number of carbonyl (C=O) groups is 1. The Morgan fingerprint density at radius 3 is 2.41 bits per heavy atom. The molecule has 1 N–H and O–H groups in total. The molecule has 2 aromatic carbocycles. The lowest BCUT2D eigenvalue weighted by Gasteiger charge is -2.18. The van der Waals surface area contributed by atoms with Crippen molar-refractivity contribution >= 4 is 33.3 Å². The number of aliphatic imine (C=N–C) groups is 1. The van der Waals surface area contributed by atoms with Crippen LogP contribution in [0.3, 0.4) is 0 Å². The number of nitrogens with zero attached hydrogens (tertiary/aromatic N) is 3. The molecule has 0 saturated carbocycles. The second-order valence-electron chi connectivity index (χ2n) is 6.80. The van der Waals surface area contributed by atoms with Gasteiger partial charge < -0.3 is 5.21 Å². The number of aromatic nitrogens is 1. The Morgan fingerprint density at radius 2 is 1.76 bits per heavy atom. The van der Waals surface area contributed by atoms with Crippen molar-refractivity contribution in [2.24, 2.45) is 16.1 Å². The van der Waals surface area contributed by atoms with Crippen LogP contribution in [0.5, 0.6) is 0 Å². The van der Waals surface area contributed by atoms with Gasteiger partial charge in [0.2, 0.25) is 0 Å². The molecular weight excluding hydrogens is 382 g/mol. The molecule has 144 valence electrons. The van der Waals surface area contributed by atoms with Gasteiger partial charge in [0.1, 0.15) is 5.04 Å². The predicted octanol–water partition coefficient (Wildman–Crippen LogP) is 5.24. The highest BCUT2D eigenvalue weighted by Gasteiger charge is 2.45. The van der Waals surface area contributed by atoms with Crippen LogP contribution in [-0.2, 0) is 0 Å². The zero-order valence-corrected chi connectivity index (χ0v) is 16.6. The molecule has 4 rings (SSSR count). The van der Waals surface area contributed by atoms with E-state index in [1.165, 1.54) is 11.8 Å². The summed E-state index contributed by atoms with van der Waals surface area (Å²) in [6.45, 7) is 2.01. The van der Waals surface area contributed by atoms with E-state index in [9.17, 15) is 10.0 Å². The molecule has 6 heteroatoms. The molecular formula is C23H19N3O2S. The summed E-state index contributed by atoms with van der Waals surface area (Å²) in [7, 11) is 0. The van der Waals surface area contributed by atoms with Crippen molar-refractivity contribution in [2.45, 2.75) is 12.8 Å². The van der Waals surface area contributed by atoms with Crippen LogP contribution < -0.4 is 0 Å². The van der Waals surface area contributed by atoms with Crippen LogP contribution in [0.25, 0.3) is 0 Å². The number of ketones is 1. The first-order valence-corrected chi connectivity index (χ1v) is 10.0. The average molecular weight is 401 g/mol. The molecule has 0 aliphatic carbocycles. The maximum atomic E-state index is 13.5. The van der Waals surface area contributed by atoms with Gasteiger partial charge in [-0.15, -0.1) is 0 Å². The summed E-state index contributed by atoms with van der Waals surface area (Å²) in [6, 6.07) is 20.9. The lowest BCUT2D eigenvalue weighted by molar-refractivity contribution is 0.0952. The van der Waals surface area contributed by atoms with E-state index in [0.29, 0.717) is 15.7 Å². The highest BCUT2D eigenvalue weighted by atomic mass is 32.2. The van der Waals surface area contributed by atoms with Crippen molar-refractivity contribution in [1.82, 2.24) is 4.98 Å². The number of oxime groups is 1. The molecule has 5 nitrogen and oxygen atoms in total. The van der Waals surface area contributed by atoms with E-state index in [1.807, 2.05) is 61.5 Å². The summed E-state index contributed by atoms with van der Waals surface area (Å²) in [5, 5.41) is 14.3. The van der Waals surface area contributed by atoms with Crippen LogP contribution in [0.15, 0.2) is 89.3 Å². The summed E-state index contributed by atoms with van der Waals surface area (Å²) in [5.41, 5.74) is 3.29. The number of hydrogen-bond acceptors (Lipinski definition) is 6. The molecule has 0 amide bonds. The topological polar surface area (TPSA) is 74.9 Å². The fourth-order valence-corrected chi connectivity index (χ4v) is 4.56. The van der Waals surface area contributed by atoms with Gasteiger partial charge >= 0.3 is 0 Å². The quantitative estimate of drug-likeness (QED) is 0.369. The van der Waals surface area contributed by atoms with Gasteiger partial charge in [-0.3, -0.25) is 9.78 Å². The van der Waals surface area contributed by atoms with E-state index in [0.717, 1.165) is 16.8 Å². The fraction of sp³-hybridized carbons (Fsp3) is 0.130. The van der Waals surface area contributed by atoms with Gasteiger partial charge in [-0.25, -0.2) is 4.99 Å². The first-order chi connectivity index (χ1) is 14.2. The average Bonchev–Trinajstić information content (AvgIpc) is 3.13. The number of aryl methyl sites for hydroxylation is 1. The molecule has 1 aromatic heterocycles. The normalized spacial score (nSPS) is 21.6. The smallest absolute Gasteiger partial charge is 0.175 e. The Kier molecular flexibility index (Phi) is 5.53. The monoisotopic (exact) mass is 401 g/mol. The van der Waals surface area contributed by atoms with Crippen molar-refractivity contribution < 1.29 is 10.0 Å². The van der Waals surface area contributed by atoms with Gasteiger partial charge in [0.25, 0.3) is 0 Å². The van der Waals surface area contributed by atoms with Gasteiger partial charge in [-0.2, -0.15) is 0 Å². The summed E-state index contributed by atoms with van der Waals surface area (Å²) >= 11 is 1.25. The Morgan fingerprint density at radius 1 is 1.00 bits per heavy atom. The third-order valence-corrected chi connectivity index (χ3v) is 5.93. The standard InChI is InChI=1S/C23H19N3O2S/c1-15-9-11-16(12-10-15)19-20(21(27)17-6-5-13-24-14-17)22(29-23(19)26-28)25-18-7-3-2-4-8-18/h2-14,19-20,28H,1H3. The number of pyridine rings is 1. The number of Topliss-reactive ketones (excluding diaryl/α,β-unsaturated/α-hetero) is 1. The molecule has 1 aliphatic heterocycles. The highest BCUT2D eigenvalue weighted by molar-refractivity contribution is 8.27. The Hall–Kier alpha value is -3.25. The zero-order chi connectivity index (χ0) is 20.2. The first-order valence-electron chi connectivity index (χ1n) is 9.21. The minimum absolute atomic E-state index is 0.0930. The molecule has 2 atom stereocenters. The summed E-state index contributed by atoms with van der Waals surface area (Å²) in [6.07, 6.45) is 3.20. The van der Waals surface area contributed by atoms with Crippen LogP contribution in [0.4, 0.5) is 5.69 Å². The minimum Gasteiger partial charge on any atom is -0.410 e. The molecule has 0 bridgehead atoms. The van der Waals surface area contributed by atoms with Gasteiger partial charge in [0.15, 0.2) is 5.78 Å². The summed E-state index contributed by atoms with van der Waals surface area (Å²) in [4.78, 5) is 22.3. The van der Waals surface area contributed by atoms with Crippen LogP contribution in [0.2, 0.25) is 0 Å². The molecule has 0 spiro atoms. The second kappa shape index (κ2) is 8.41. The van der Waals surface area contributed by atoms with E-state index < -0.39 is 11.8 Å². The van der Waals surface area contributed by atoms with E-state index in [4.69, 9.17) is 4.99 Å². The van der Waals surface area contributed by atoms with Crippen LogP contribution in [-0.4, -0.2) is 26.1 Å². The predicted molar refractivity (Wildman–Crippen MR) is 116 cm³/mol. The van der Waals surface area contributed by atoms with Gasteiger partial charge in [0, 0.05) is 18.0 Å². The number of carbonyl (C=O) groups excluding carboxylic acids is 1. The van der Waals surface area contributed by atoms with Crippen LogP contribution >= 0.6 is 11.8 Å². The van der Waals surface area contributed by atoms with Gasteiger partial charge in [0.05, 0.1) is 22.6 Å². The second-order valence-corrected chi connectivity index (χ2v) is 7.84. The molecule has 1 fully saturated rings. The Labute approximate surface area is 173 Å². The Balaban J connectivity index is 1.84. The van der Waals surface area contributed by atoms with Crippen molar-refractivity contribution in [2.75, 3.05) is 0 Å². The van der Waals surface area contributed by atoms with Crippen molar-refractivity contribution in [3.8, 4) is 0 Å². The van der Waals surface area contributed by atoms with Crippen molar-refractivity contribution in [3.05, 3.63) is 95.8 Å². The number of thioether (sulfide) groups is 1. The lowest BCUT2D eigenvalue weighted by Crippen LogP contribution is -2.25. The number of benzene rings is 2. The SMILES string of the molecule is Cc1ccc(C2C(=NO)SC(=Nc3ccccc3)C2C(=O)c2cccnc2)cc1. The molecule has 0 radical (unpaired) electrons. The number of rotatable bonds is 4. The summed E-state index contributed by atoms with van der Waals surface area (Å²) in [5.74, 6) is -1.08. The highest BCUT2D eigenvalue weighted by Crippen LogP contribution is 2.44. The number of hydrogen-bond donors (Lipinski definition) is 1. The Bertz CT molecular complexity index is 1060. The van der Waals surface area contributed by atoms with Crippen molar-refractivity contribution in [3.63, 3.8) is 0 Å². The molecule has 2 heterocycles. The van der Waals surface area contributed by atoms with Gasteiger partial charge in [-0.1, -0.05) is 64.9 Å². The van der Waals surface area contributed by atoms with Crippen LogP contribution in [0, 0.1) is 12.8 Å². The lowest BCUT2D eigenvalue weighted by atomic mass is 9.82. The summed E-state index contributed by atoms with van der Waals surface area (Å²) < 4.78 is 0. The molecule has 1 aliphatic rings. The molecule has 29 heavy (non-hydrogen) atoms. The van der Waals surface area contributed by atoms with E-state index in [1.54, 1.807) is 24.5 Å². The maximum Gasteiger partial charge on any atom is 0.175 e. The molecule has 2 unspecified atom stereocenters. The first kappa shape index (κ1) is 19.1. The van der Waals surface area contributed by atoms with E-state index in [2.05, 4.69) is 10.1 Å². The van der Waals surface area contributed by atoms with Crippen molar-refractivity contribution in [1.29, 1.82) is 0 Å². The molecule has 3 aromatic rings. The third kappa shape index (κ3) is 3.98. The fourth-order valence-electron chi connectivity index (χ4n) is 3.38. The number of para-hydroxylation sites is 1. The van der Waals surface area contributed by atoms with Crippen LogP contribution in [0.1, 0.15) is 27.4 Å². The molecule has 1 saturated heterocycles. The van der Waals surface area contributed by atoms with E-state index in [-0.39, 0.29) is 5.78 Å².